The molecule has 6 nitrogen and oxygen atoms in total. The number of hydrogen-bond acceptors (Lipinski definition) is 5. The van der Waals surface area contributed by atoms with Gasteiger partial charge >= 0.3 is 0 Å². The third-order valence-electron chi connectivity index (χ3n) is 4.72. The zero-order valence-corrected chi connectivity index (χ0v) is 14.9. The van der Waals surface area contributed by atoms with Crippen LogP contribution in [-0.4, -0.2) is 28.5 Å². The molecule has 0 bridgehead atoms. The Morgan fingerprint density at radius 3 is 2.42 bits per heavy atom. The summed E-state index contributed by atoms with van der Waals surface area (Å²) in [7, 11) is 1.68. The SMILES string of the molecule is CCOc1ccc([C@H]2C[C@H](c3ccc(OC)cc3)Nc3ncnn32)cc1. The van der Waals surface area contributed by atoms with Gasteiger partial charge in [0.05, 0.1) is 25.8 Å². The van der Waals surface area contributed by atoms with Gasteiger partial charge in [-0.1, -0.05) is 24.3 Å². The van der Waals surface area contributed by atoms with E-state index in [0.717, 1.165) is 23.9 Å². The Kier molecular flexibility index (Phi) is 4.48. The molecule has 0 aliphatic carbocycles. The van der Waals surface area contributed by atoms with Crippen molar-refractivity contribution >= 4 is 5.95 Å². The highest BCUT2D eigenvalue weighted by Gasteiger charge is 2.29. The van der Waals surface area contributed by atoms with Gasteiger partial charge in [0.15, 0.2) is 0 Å². The third kappa shape index (κ3) is 3.10. The molecule has 0 fully saturated rings. The first-order chi connectivity index (χ1) is 12.8. The minimum Gasteiger partial charge on any atom is -0.497 e. The van der Waals surface area contributed by atoms with E-state index in [1.165, 1.54) is 11.1 Å². The molecule has 4 rings (SSSR count). The summed E-state index contributed by atoms with van der Waals surface area (Å²) in [6.45, 7) is 2.65. The van der Waals surface area contributed by atoms with Gasteiger partial charge in [-0.3, -0.25) is 0 Å². The van der Waals surface area contributed by atoms with Crippen LogP contribution in [0.2, 0.25) is 0 Å². The smallest absolute Gasteiger partial charge is 0.222 e. The number of anilines is 1. The van der Waals surface area contributed by atoms with Crippen molar-refractivity contribution in [3.05, 3.63) is 66.0 Å². The fourth-order valence-corrected chi connectivity index (χ4v) is 3.41. The van der Waals surface area contributed by atoms with Crippen molar-refractivity contribution in [3.63, 3.8) is 0 Å². The lowest BCUT2D eigenvalue weighted by atomic mass is 9.93. The second-order valence-corrected chi connectivity index (χ2v) is 6.25. The van der Waals surface area contributed by atoms with E-state index < -0.39 is 0 Å². The number of aromatic nitrogens is 3. The van der Waals surface area contributed by atoms with Crippen LogP contribution in [-0.2, 0) is 0 Å². The van der Waals surface area contributed by atoms with Gasteiger partial charge in [0.25, 0.3) is 0 Å². The summed E-state index contributed by atoms with van der Waals surface area (Å²) in [5, 5.41) is 7.91. The molecule has 0 saturated heterocycles. The molecule has 1 aromatic heterocycles. The van der Waals surface area contributed by atoms with Crippen LogP contribution in [0, 0.1) is 0 Å². The number of nitrogens with zero attached hydrogens (tertiary/aromatic N) is 3. The molecule has 6 heteroatoms. The van der Waals surface area contributed by atoms with Gasteiger partial charge in [0.1, 0.15) is 17.8 Å². The third-order valence-corrected chi connectivity index (χ3v) is 4.72. The van der Waals surface area contributed by atoms with Crippen LogP contribution in [0.25, 0.3) is 0 Å². The standard InChI is InChI=1S/C20H22N4O2/c1-3-26-17-10-6-15(7-11-17)19-12-18(23-20-21-13-22-24(19)20)14-4-8-16(25-2)9-5-14/h4-11,13,18-19H,3,12H2,1-2H3,(H,21,22,23)/t18-,19-/m1/s1. The van der Waals surface area contributed by atoms with E-state index in [9.17, 15) is 0 Å². The van der Waals surface area contributed by atoms with Gasteiger partial charge in [-0.25, -0.2) is 4.68 Å². The van der Waals surface area contributed by atoms with Gasteiger partial charge in [-0.05, 0) is 48.7 Å². The fraction of sp³-hybridized carbons (Fsp3) is 0.300. The summed E-state index contributed by atoms with van der Waals surface area (Å²) in [6, 6.07) is 16.7. The lowest BCUT2D eigenvalue weighted by molar-refractivity contribution is 0.340. The molecule has 134 valence electrons. The zero-order chi connectivity index (χ0) is 17.9. The number of fused-ring (bicyclic) bond motifs is 1. The molecule has 1 aliphatic rings. The predicted octanol–water partition coefficient (Wildman–Crippen LogP) is 3.83. The number of nitrogens with one attached hydrogen (secondary N) is 1. The van der Waals surface area contributed by atoms with Gasteiger partial charge in [-0.2, -0.15) is 10.1 Å². The normalized spacial score (nSPS) is 18.7. The number of methoxy groups -OCH3 is 1. The van der Waals surface area contributed by atoms with Crippen molar-refractivity contribution in [2.24, 2.45) is 0 Å². The van der Waals surface area contributed by atoms with E-state index in [-0.39, 0.29) is 12.1 Å². The van der Waals surface area contributed by atoms with Crippen molar-refractivity contribution in [3.8, 4) is 11.5 Å². The maximum Gasteiger partial charge on any atom is 0.222 e. The molecule has 26 heavy (non-hydrogen) atoms. The first-order valence-electron chi connectivity index (χ1n) is 8.81. The molecule has 0 unspecified atom stereocenters. The summed E-state index contributed by atoms with van der Waals surface area (Å²) in [5.41, 5.74) is 2.40. The molecule has 2 atom stereocenters. The number of rotatable bonds is 5. The molecule has 2 aromatic carbocycles. The fourth-order valence-electron chi connectivity index (χ4n) is 3.41. The Hall–Kier alpha value is -3.02. The van der Waals surface area contributed by atoms with Crippen molar-refractivity contribution in [2.75, 3.05) is 19.0 Å². The summed E-state index contributed by atoms with van der Waals surface area (Å²) >= 11 is 0. The molecular weight excluding hydrogens is 328 g/mol. The topological polar surface area (TPSA) is 61.2 Å². The van der Waals surface area contributed by atoms with E-state index in [1.807, 2.05) is 35.9 Å². The van der Waals surface area contributed by atoms with Gasteiger partial charge in [0, 0.05) is 0 Å². The molecule has 2 heterocycles. The summed E-state index contributed by atoms with van der Waals surface area (Å²) < 4.78 is 12.8. The summed E-state index contributed by atoms with van der Waals surface area (Å²) in [6.07, 6.45) is 2.48. The Bertz CT molecular complexity index is 858. The largest absolute Gasteiger partial charge is 0.497 e. The number of hydrogen-bond donors (Lipinski definition) is 1. The van der Waals surface area contributed by atoms with Crippen molar-refractivity contribution in [2.45, 2.75) is 25.4 Å². The second-order valence-electron chi connectivity index (χ2n) is 6.25. The highest BCUT2D eigenvalue weighted by molar-refractivity contribution is 5.40. The quantitative estimate of drug-likeness (QED) is 0.758. The lowest BCUT2D eigenvalue weighted by Crippen LogP contribution is -2.28. The number of benzene rings is 2. The van der Waals surface area contributed by atoms with E-state index in [0.29, 0.717) is 6.61 Å². The summed E-state index contributed by atoms with van der Waals surface area (Å²) in [5.74, 6) is 2.53. The van der Waals surface area contributed by atoms with E-state index >= 15 is 0 Å². The average molecular weight is 350 g/mol. The molecule has 0 amide bonds. The van der Waals surface area contributed by atoms with Crippen molar-refractivity contribution in [1.29, 1.82) is 0 Å². The maximum atomic E-state index is 5.56. The highest BCUT2D eigenvalue weighted by Crippen LogP contribution is 2.38. The van der Waals surface area contributed by atoms with Crippen molar-refractivity contribution in [1.82, 2.24) is 14.8 Å². The van der Waals surface area contributed by atoms with Crippen LogP contribution in [0.15, 0.2) is 54.9 Å². The van der Waals surface area contributed by atoms with Gasteiger partial charge in [0.2, 0.25) is 5.95 Å². The molecule has 0 radical (unpaired) electrons. The van der Waals surface area contributed by atoms with E-state index in [2.05, 4.69) is 39.7 Å². The van der Waals surface area contributed by atoms with Gasteiger partial charge < -0.3 is 14.8 Å². The molecule has 1 aliphatic heterocycles. The first-order valence-corrected chi connectivity index (χ1v) is 8.81. The Balaban J connectivity index is 1.63. The lowest BCUT2D eigenvalue weighted by Gasteiger charge is -2.32. The summed E-state index contributed by atoms with van der Waals surface area (Å²) in [4.78, 5) is 4.38. The Morgan fingerprint density at radius 2 is 1.73 bits per heavy atom. The van der Waals surface area contributed by atoms with Crippen LogP contribution in [0.3, 0.4) is 0 Å². The van der Waals surface area contributed by atoms with E-state index in [1.54, 1.807) is 13.4 Å². The minimum atomic E-state index is 0.122. The van der Waals surface area contributed by atoms with Crippen LogP contribution in [0.4, 0.5) is 5.95 Å². The Labute approximate surface area is 152 Å². The van der Waals surface area contributed by atoms with Crippen molar-refractivity contribution < 1.29 is 9.47 Å². The molecular formula is C20H22N4O2. The molecule has 0 spiro atoms. The minimum absolute atomic E-state index is 0.122. The number of ether oxygens (including phenoxy) is 2. The van der Waals surface area contributed by atoms with Crippen LogP contribution >= 0.6 is 0 Å². The molecule has 3 aromatic rings. The van der Waals surface area contributed by atoms with E-state index in [4.69, 9.17) is 9.47 Å². The maximum absolute atomic E-state index is 5.56. The van der Waals surface area contributed by atoms with Crippen LogP contribution < -0.4 is 14.8 Å². The zero-order valence-electron chi connectivity index (χ0n) is 14.9. The highest BCUT2D eigenvalue weighted by atomic mass is 16.5. The predicted molar refractivity (Wildman–Crippen MR) is 99.7 cm³/mol. The first kappa shape index (κ1) is 16.4. The Morgan fingerprint density at radius 1 is 1.04 bits per heavy atom. The second kappa shape index (κ2) is 7.07. The van der Waals surface area contributed by atoms with Gasteiger partial charge in [-0.15, -0.1) is 0 Å². The monoisotopic (exact) mass is 350 g/mol. The van der Waals surface area contributed by atoms with Crippen LogP contribution in [0.5, 0.6) is 11.5 Å². The van der Waals surface area contributed by atoms with Crippen LogP contribution in [0.1, 0.15) is 36.6 Å². The molecule has 0 saturated carbocycles. The average Bonchev–Trinajstić information content (AvgIpc) is 3.17. The molecule has 1 N–H and O–H groups in total.